The molecule has 0 bridgehead atoms. The van der Waals surface area contributed by atoms with E-state index in [1.165, 1.54) is 0 Å². The van der Waals surface area contributed by atoms with Gasteiger partial charge in [0.1, 0.15) is 5.76 Å². The molecule has 1 heterocycles. The summed E-state index contributed by atoms with van der Waals surface area (Å²) in [7, 11) is 0. The number of ether oxygens (including phenoxy) is 1. The van der Waals surface area contributed by atoms with Gasteiger partial charge in [0.25, 0.3) is 0 Å². The van der Waals surface area contributed by atoms with Gasteiger partial charge in [0.15, 0.2) is 0 Å². The van der Waals surface area contributed by atoms with Crippen LogP contribution in [0.25, 0.3) is 0 Å². The molecule has 0 spiro atoms. The van der Waals surface area contributed by atoms with E-state index in [9.17, 15) is 4.79 Å². The lowest BCUT2D eigenvalue weighted by atomic mass is 10.2. The summed E-state index contributed by atoms with van der Waals surface area (Å²) < 4.78 is 10.7. The van der Waals surface area contributed by atoms with E-state index in [2.05, 4.69) is 24.1 Å². The number of likely N-dealkylation sites (N-methyl/N-ethyl adjacent to an activating group) is 1. The van der Waals surface area contributed by atoms with Crippen LogP contribution in [0, 0.1) is 0 Å². The fourth-order valence-corrected chi connectivity index (χ4v) is 1.88. The molecule has 0 radical (unpaired) electrons. The summed E-state index contributed by atoms with van der Waals surface area (Å²) in [6, 6.07) is 3.71. The number of furan rings is 1. The average molecular weight is 282 g/mol. The van der Waals surface area contributed by atoms with Crippen LogP contribution in [-0.2, 0) is 16.0 Å². The minimum Gasteiger partial charge on any atom is -0.469 e. The highest BCUT2D eigenvalue weighted by Crippen LogP contribution is 2.02. The van der Waals surface area contributed by atoms with Gasteiger partial charge in [-0.15, -0.1) is 0 Å². The van der Waals surface area contributed by atoms with Crippen molar-refractivity contribution in [3.63, 3.8) is 0 Å². The Bertz CT molecular complexity index is 348. The molecule has 1 rings (SSSR count). The molecule has 0 aliphatic rings. The van der Waals surface area contributed by atoms with Gasteiger partial charge in [-0.1, -0.05) is 13.8 Å². The number of amides is 1. The van der Waals surface area contributed by atoms with Crippen molar-refractivity contribution in [3.05, 3.63) is 24.2 Å². The summed E-state index contributed by atoms with van der Waals surface area (Å²) in [6.07, 6.45) is 2.71. The molecule has 0 saturated carbocycles. The Hall–Kier alpha value is -1.33. The molecule has 1 N–H and O–H groups in total. The largest absolute Gasteiger partial charge is 0.469 e. The molecule has 0 aromatic carbocycles. The lowest BCUT2D eigenvalue weighted by Gasteiger charge is -2.17. The maximum atomic E-state index is 11.6. The first kappa shape index (κ1) is 16.7. The molecule has 0 unspecified atom stereocenters. The lowest BCUT2D eigenvalue weighted by molar-refractivity contribution is -0.121. The van der Waals surface area contributed by atoms with Gasteiger partial charge in [-0.05, 0) is 25.2 Å². The molecule has 114 valence electrons. The Kier molecular flexibility index (Phi) is 8.74. The monoisotopic (exact) mass is 282 g/mol. The van der Waals surface area contributed by atoms with E-state index in [-0.39, 0.29) is 5.91 Å². The van der Waals surface area contributed by atoms with Gasteiger partial charge in [0.05, 0.1) is 19.5 Å². The molecule has 5 nitrogen and oxygen atoms in total. The lowest BCUT2D eigenvalue weighted by Crippen LogP contribution is -2.30. The third-order valence-corrected chi connectivity index (χ3v) is 3.19. The number of aryl methyl sites for hydroxylation is 1. The quantitative estimate of drug-likeness (QED) is 0.628. The first-order chi connectivity index (χ1) is 9.76. The predicted molar refractivity (Wildman–Crippen MR) is 78.6 cm³/mol. The minimum absolute atomic E-state index is 0.0359. The summed E-state index contributed by atoms with van der Waals surface area (Å²) in [6.45, 7) is 9.16. The van der Waals surface area contributed by atoms with Gasteiger partial charge >= 0.3 is 0 Å². The summed E-state index contributed by atoms with van der Waals surface area (Å²) in [5.74, 6) is 0.879. The van der Waals surface area contributed by atoms with E-state index >= 15 is 0 Å². The van der Waals surface area contributed by atoms with Crippen LogP contribution in [0.1, 0.15) is 26.0 Å². The number of rotatable bonds is 11. The van der Waals surface area contributed by atoms with Crippen LogP contribution in [0.4, 0.5) is 0 Å². The number of carbonyl (C=O) groups is 1. The fraction of sp³-hybridized carbons (Fsp3) is 0.667. The van der Waals surface area contributed by atoms with Gasteiger partial charge in [-0.2, -0.15) is 0 Å². The van der Waals surface area contributed by atoms with E-state index in [1.54, 1.807) is 6.26 Å². The molecule has 1 amide bonds. The second-order valence-corrected chi connectivity index (χ2v) is 4.57. The highest BCUT2D eigenvalue weighted by molar-refractivity contribution is 5.76. The second kappa shape index (κ2) is 10.5. The van der Waals surface area contributed by atoms with Crippen LogP contribution in [0.5, 0.6) is 0 Å². The van der Waals surface area contributed by atoms with Crippen LogP contribution < -0.4 is 5.32 Å². The number of nitrogens with zero attached hydrogens (tertiary/aromatic N) is 1. The molecule has 20 heavy (non-hydrogen) atoms. The Labute approximate surface area is 121 Å². The van der Waals surface area contributed by atoms with Gasteiger partial charge < -0.3 is 19.4 Å². The molecule has 1 aromatic rings. The fourth-order valence-electron chi connectivity index (χ4n) is 1.88. The molecular formula is C15H26N2O3. The number of carbonyl (C=O) groups excluding carboxylic acids is 1. The van der Waals surface area contributed by atoms with Crippen LogP contribution in [0.3, 0.4) is 0 Å². The maximum absolute atomic E-state index is 11.6. The zero-order chi connectivity index (χ0) is 14.6. The zero-order valence-electron chi connectivity index (χ0n) is 12.6. The Morgan fingerprint density at radius 2 is 2.15 bits per heavy atom. The van der Waals surface area contributed by atoms with E-state index in [4.69, 9.17) is 9.15 Å². The van der Waals surface area contributed by atoms with Crippen molar-refractivity contribution in [1.82, 2.24) is 10.2 Å². The molecule has 5 heteroatoms. The first-order valence-corrected chi connectivity index (χ1v) is 7.35. The first-order valence-electron chi connectivity index (χ1n) is 7.35. The normalized spacial score (nSPS) is 10.9. The van der Waals surface area contributed by atoms with Crippen molar-refractivity contribution in [2.24, 2.45) is 0 Å². The molecule has 0 saturated heterocycles. The van der Waals surface area contributed by atoms with Crippen molar-refractivity contribution >= 4 is 5.91 Å². The summed E-state index contributed by atoms with van der Waals surface area (Å²) in [4.78, 5) is 13.9. The van der Waals surface area contributed by atoms with Crippen molar-refractivity contribution < 1.29 is 13.9 Å². The highest BCUT2D eigenvalue weighted by Gasteiger charge is 2.03. The third-order valence-electron chi connectivity index (χ3n) is 3.19. The van der Waals surface area contributed by atoms with Gasteiger partial charge in [0, 0.05) is 25.9 Å². The molecular weight excluding hydrogens is 256 g/mol. The minimum atomic E-state index is 0.0359. The van der Waals surface area contributed by atoms with Crippen molar-refractivity contribution in [3.8, 4) is 0 Å². The van der Waals surface area contributed by atoms with E-state index in [0.717, 1.165) is 25.4 Å². The standard InChI is InChI=1S/C15H26N2O3/c1-3-17(4-2)10-13-19-12-9-16-15(18)8-7-14-6-5-11-20-14/h5-6,11H,3-4,7-10,12-13H2,1-2H3,(H,16,18). The second-order valence-electron chi connectivity index (χ2n) is 4.57. The molecule has 1 aromatic heterocycles. The van der Waals surface area contributed by atoms with Crippen LogP contribution >= 0.6 is 0 Å². The summed E-state index contributed by atoms with van der Waals surface area (Å²) >= 11 is 0. The Morgan fingerprint density at radius 3 is 2.80 bits per heavy atom. The average Bonchev–Trinajstić information content (AvgIpc) is 2.98. The zero-order valence-corrected chi connectivity index (χ0v) is 12.6. The third kappa shape index (κ3) is 7.31. The smallest absolute Gasteiger partial charge is 0.220 e. The summed E-state index contributed by atoms with van der Waals surface area (Å²) in [5.41, 5.74) is 0. The number of hydrogen-bond acceptors (Lipinski definition) is 4. The topological polar surface area (TPSA) is 54.7 Å². The SMILES string of the molecule is CCN(CC)CCOCCNC(=O)CCc1ccco1. The molecule has 0 fully saturated rings. The van der Waals surface area contributed by atoms with Crippen LogP contribution in [0.2, 0.25) is 0 Å². The predicted octanol–water partition coefficient (Wildman–Crippen LogP) is 1.69. The van der Waals surface area contributed by atoms with Crippen LogP contribution in [0.15, 0.2) is 22.8 Å². The van der Waals surface area contributed by atoms with Crippen molar-refractivity contribution in [2.45, 2.75) is 26.7 Å². The highest BCUT2D eigenvalue weighted by atomic mass is 16.5. The van der Waals surface area contributed by atoms with Crippen molar-refractivity contribution in [1.29, 1.82) is 0 Å². The molecule has 0 aliphatic heterocycles. The number of nitrogens with one attached hydrogen (secondary N) is 1. The molecule has 0 aliphatic carbocycles. The van der Waals surface area contributed by atoms with Gasteiger partial charge in [-0.25, -0.2) is 0 Å². The van der Waals surface area contributed by atoms with Gasteiger partial charge in [-0.3, -0.25) is 4.79 Å². The van der Waals surface area contributed by atoms with E-state index in [0.29, 0.717) is 32.6 Å². The molecule has 0 atom stereocenters. The van der Waals surface area contributed by atoms with E-state index in [1.807, 2.05) is 12.1 Å². The van der Waals surface area contributed by atoms with Crippen molar-refractivity contribution in [2.75, 3.05) is 39.4 Å². The van der Waals surface area contributed by atoms with E-state index < -0.39 is 0 Å². The van der Waals surface area contributed by atoms with Crippen LogP contribution in [-0.4, -0.2) is 50.2 Å². The maximum Gasteiger partial charge on any atom is 0.220 e. The Balaban J connectivity index is 1.94. The Morgan fingerprint density at radius 1 is 1.35 bits per heavy atom. The van der Waals surface area contributed by atoms with Gasteiger partial charge in [0.2, 0.25) is 5.91 Å². The summed E-state index contributed by atoms with van der Waals surface area (Å²) in [5, 5.41) is 2.84. The number of hydrogen-bond donors (Lipinski definition) is 1.